The van der Waals surface area contributed by atoms with Crippen molar-refractivity contribution in [1.29, 1.82) is 0 Å². The van der Waals surface area contributed by atoms with E-state index in [9.17, 15) is 9.59 Å². The third-order valence-corrected chi connectivity index (χ3v) is 5.48. The van der Waals surface area contributed by atoms with Crippen LogP contribution in [-0.2, 0) is 11.2 Å². The van der Waals surface area contributed by atoms with Gasteiger partial charge in [-0.05, 0) is 36.8 Å². The van der Waals surface area contributed by atoms with Gasteiger partial charge in [0.25, 0.3) is 0 Å². The van der Waals surface area contributed by atoms with Gasteiger partial charge in [0.15, 0.2) is 5.13 Å². The average molecular weight is 473 g/mol. The molecule has 8 heteroatoms. The number of carbonyl (C=O) groups is 2. The van der Waals surface area contributed by atoms with Gasteiger partial charge in [-0.2, -0.15) is 0 Å². The van der Waals surface area contributed by atoms with E-state index in [0.29, 0.717) is 10.8 Å². The van der Waals surface area contributed by atoms with Crippen molar-refractivity contribution in [3.8, 4) is 0 Å². The Labute approximate surface area is 181 Å². The molecule has 0 unspecified atom stereocenters. The van der Waals surface area contributed by atoms with Crippen molar-refractivity contribution in [3.05, 3.63) is 75.2 Å². The molecule has 0 spiro atoms. The lowest BCUT2D eigenvalue weighted by molar-refractivity contribution is -0.116. The van der Waals surface area contributed by atoms with E-state index in [1.807, 2.05) is 12.1 Å². The monoisotopic (exact) mass is 472 g/mol. The molecule has 3 N–H and O–H groups in total. The number of aromatic nitrogens is 1. The number of amides is 3. The summed E-state index contributed by atoms with van der Waals surface area (Å²) in [6, 6.07) is 15.3. The molecule has 0 saturated carbocycles. The predicted octanol–water partition coefficient (Wildman–Crippen LogP) is 4.96. The van der Waals surface area contributed by atoms with Crippen LogP contribution in [0, 0.1) is 6.92 Å². The maximum absolute atomic E-state index is 12.0. The van der Waals surface area contributed by atoms with Gasteiger partial charge in [-0.3, -0.25) is 10.1 Å². The average Bonchev–Trinajstić information content (AvgIpc) is 3.12. The van der Waals surface area contributed by atoms with Gasteiger partial charge in [-0.1, -0.05) is 45.8 Å². The highest BCUT2D eigenvalue weighted by Gasteiger charge is 2.08. The molecule has 150 valence electrons. The molecule has 3 rings (SSSR count). The smallest absolute Gasteiger partial charge is 0.321 e. The van der Waals surface area contributed by atoms with Crippen molar-refractivity contribution < 1.29 is 9.59 Å². The number of urea groups is 1. The molecule has 0 aliphatic rings. The van der Waals surface area contributed by atoms with Crippen LogP contribution in [0.2, 0.25) is 0 Å². The summed E-state index contributed by atoms with van der Waals surface area (Å²) in [5.74, 6) is -0.165. The quantitative estimate of drug-likeness (QED) is 0.454. The molecular formula is C21H21BrN4O2S. The van der Waals surface area contributed by atoms with E-state index in [0.717, 1.165) is 15.8 Å². The second kappa shape index (κ2) is 10.2. The van der Waals surface area contributed by atoms with E-state index >= 15 is 0 Å². The van der Waals surface area contributed by atoms with Crippen LogP contribution in [0.5, 0.6) is 0 Å². The zero-order valence-corrected chi connectivity index (χ0v) is 18.3. The van der Waals surface area contributed by atoms with E-state index in [4.69, 9.17) is 0 Å². The Morgan fingerprint density at radius 2 is 1.76 bits per heavy atom. The summed E-state index contributed by atoms with van der Waals surface area (Å²) in [5.41, 5.74) is 3.14. The number of carbonyl (C=O) groups excluding carboxylic acids is 2. The lowest BCUT2D eigenvalue weighted by Gasteiger charge is -2.07. The van der Waals surface area contributed by atoms with Crippen LogP contribution in [0.25, 0.3) is 0 Å². The Morgan fingerprint density at radius 1 is 1.03 bits per heavy atom. The zero-order valence-electron chi connectivity index (χ0n) is 15.9. The number of hydrogen-bond donors (Lipinski definition) is 3. The zero-order chi connectivity index (χ0) is 20.6. The number of hydrogen-bond acceptors (Lipinski definition) is 4. The third-order valence-electron chi connectivity index (χ3n) is 4.04. The highest BCUT2D eigenvalue weighted by molar-refractivity contribution is 9.10. The molecule has 0 bridgehead atoms. The molecule has 1 heterocycles. The van der Waals surface area contributed by atoms with Crippen molar-refractivity contribution in [3.63, 3.8) is 0 Å². The molecule has 3 aromatic rings. The summed E-state index contributed by atoms with van der Waals surface area (Å²) in [4.78, 5) is 29.2. The van der Waals surface area contributed by atoms with Gasteiger partial charge >= 0.3 is 6.03 Å². The standard InChI is InChI=1S/C21H21BrN4O2S/c1-14-2-4-15(5-3-14)12-18-13-24-21(29-18)26-20(28)23-11-10-19(27)25-17-8-6-16(22)7-9-17/h2-9,13H,10-12H2,1H3,(H,25,27)(H2,23,24,26,28). The number of anilines is 2. The predicted molar refractivity (Wildman–Crippen MR) is 121 cm³/mol. The Morgan fingerprint density at radius 3 is 2.48 bits per heavy atom. The first-order valence-electron chi connectivity index (χ1n) is 9.08. The fourth-order valence-corrected chi connectivity index (χ4v) is 3.65. The molecule has 0 fully saturated rings. The van der Waals surface area contributed by atoms with Crippen LogP contribution in [-0.4, -0.2) is 23.5 Å². The fraction of sp³-hybridized carbons (Fsp3) is 0.190. The maximum Gasteiger partial charge on any atom is 0.321 e. The summed E-state index contributed by atoms with van der Waals surface area (Å²) >= 11 is 4.78. The normalized spacial score (nSPS) is 10.4. The molecular weight excluding hydrogens is 452 g/mol. The molecule has 0 atom stereocenters. The van der Waals surface area contributed by atoms with Crippen molar-refractivity contribution in [2.45, 2.75) is 19.8 Å². The molecule has 29 heavy (non-hydrogen) atoms. The molecule has 0 aliphatic carbocycles. The Kier molecular flexibility index (Phi) is 7.37. The largest absolute Gasteiger partial charge is 0.337 e. The SMILES string of the molecule is Cc1ccc(Cc2cnc(NC(=O)NCCC(=O)Nc3ccc(Br)cc3)s2)cc1. The third kappa shape index (κ3) is 6.99. The van der Waals surface area contributed by atoms with Gasteiger partial charge in [-0.25, -0.2) is 9.78 Å². The van der Waals surface area contributed by atoms with Crippen LogP contribution < -0.4 is 16.0 Å². The van der Waals surface area contributed by atoms with Gasteiger partial charge in [-0.15, -0.1) is 11.3 Å². The number of nitrogens with zero attached hydrogens (tertiary/aromatic N) is 1. The summed E-state index contributed by atoms with van der Waals surface area (Å²) in [6.45, 7) is 2.29. The van der Waals surface area contributed by atoms with E-state index in [1.54, 1.807) is 18.3 Å². The summed E-state index contributed by atoms with van der Waals surface area (Å²) in [6.07, 6.45) is 2.73. The Hall–Kier alpha value is -2.71. The number of thiazole rings is 1. The van der Waals surface area contributed by atoms with Gasteiger partial charge in [0.05, 0.1) is 0 Å². The van der Waals surface area contributed by atoms with Gasteiger partial charge in [0.1, 0.15) is 0 Å². The molecule has 1 aromatic heterocycles. The minimum atomic E-state index is -0.377. The van der Waals surface area contributed by atoms with E-state index in [2.05, 4.69) is 68.1 Å². The molecule has 0 saturated heterocycles. The second-order valence-electron chi connectivity index (χ2n) is 6.48. The lowest BCUT2D eigenvalue weighted by Crippen LogP contribution is -2.31. The molecule has 0 radical (unpaired) electrons. The van der Waals surface area contributed by atoms with E-state index < -0.39 is 0 Å². The van der Waals surface area contributed by atoms with Crippen molar-refractivity contribution in [1.82, 2.24) is 10.3 Å². The van der Waals surface area contributed by atoms with Gasteiger partial charge in [0, 0.05) is 40.6 Å². The summed E-state index contributed by atoms with van der Waals surface area (Å²) in [5, 5.41) is 8.69. The highest BCUT2D eigenvalue weighted by Crippen LogP contribution is 2.21. The summed E-state index contributed by atoms with van der Waals surface area (Å²) < 4.78 is 0.943. The first-order chi connectivity index (χ1) is 14.0. The van der Waals surface area contributed by atoms with Gasteiger partial charge < -0.3 is 10.6 Å². The van der Waals surface area contributed by atoms with Crippen LogP contribution in [0.4, 0.5) is 15.6 Å². The fourth-order valence-electron chi connectivity index (χ4n) is 2.54. The molecule has 3 amide bonds. The minimum Gasteiger partial charge on any atom is -0.337 e. The van der Waals surface area contributed by atoms with Crippen LogP contribution in [0.3, 0.4) is 0 Å². The number of aryl methyl sites for hydroxylation is 1. The Bertz CT molecular complexity index is 971. The van der Waals surface area contributed by atoms with E-state index in [1.165, 1.54) is 22.5 Å². The molecule has 0 aliphatic heterocycles. The molecule has 2 aromatic carbocycles. The van der Waals surface area contributed by atoms with Crippen LogP contribution in [0.15, 0.2) is 59.2 Å². The lowest BCUT2D eigenvalue weighted by atomic mass is 10.1. The highest BCUT2D eigenvalue weighted by atomic mass is 79.9. The first-order valence-corrected chi connectivity index (χ1v) is 10.7. The van der Waals surface area contributed by atoms with Crippen LogP contribution >= 0.6 is 27.3 Å². The number of nitrogens with one attached hydrogen (secondary N) is 3. The number of halogens is 1. The number of benzene rings is 2. The van der Waals surface area contributed by atoms with Crippen molar-refractivity contribution >= 4 is 50.0 Å². The maximum atomic E-state index is 12.0. The Balaban J connectivity index is 1.39. The van der Waals surface area contributed by atoms with E-state index in [-0.39, 0.29) is 24.9 Å². The van der Waals surface area contributed by atoms with Crippen molar-refractivity contribution in [2.24, 2.45) is 0 Å². The number of rotatable bonds is 7. The summed E-state index contributed by atoms with van der Waals surface area (Å²) in [7, 11) is 0. The second-order valence-corrected chi connectivity index (χ2v) is 8.51. The minimum absolute atomic E-state index is 0.165. The topological polar surface area (TPSA) is 83.1 Å². The first kappa shape index (κ1) is 21.0. The van der Waals surface area contributed by atoms with Gasteiger partial charge in [0.2, 0.25) is 5.91 Å². The molecule has 6 nitrogen and oxygen atoms in total. The van der Waals surface area contributed by atoms with Crippen molar-refractivity contribution in [2.75, 3.05) is 17.2 Å². The van der Waals surface area contributed by atoms with Crippen LogP contribution in [0.1, 0.15) is 22.4 Å².